The van der Waals surface area contributed by atoms with E-state index in [0.29, 0.717) is 24.4 Å². The van der Waals surface area contributed by atoms with E-state index in [1.807, 2.05) is 59.1 Å². The van der Waals surface area contributed by atoms with Crippen molar-refractivity contribution in [3.8, 4) is 16.2 Å². The second kappa shape index (κ2) is 6.51. The minimum absolute atomic E-state index is 0.0688. The van der Waals surface area contributed by atoms with E-state index in [-0.39, 0.29) is 5.91 Å². The number of rotatable bonds is 4. The first-order valence-electron chi connectivity index (χ1n) is 8.71. The van der Waals surface area contributed by atoms with Gasteiger partial charge in [-0.2, -0.15) is 0 Å². The highest BCUT2D eigenvalue weighted by Crippen LogP contribution is 2.42. The summed E-state index contributed by atoms with van der Waals surface area (Å²) in [5, 5.41) is 11.3. The van der Waals surface area contributed by atoms with Gasteiger partial charge in [-0.1, -0.05) is 18.2 Å². The third-order valence-corrected chi connectivity index (χ3v) is 5.78. The lowest BCUT2D eigenvalue weighted by atomic mass is 10.1. The van der Waals surface area contributed by atoms with Gasteiger partial charge in [0.25, 0.3) is 5.91 Å². The minimum atomic E-state index is -0.0688. The number of carbonyl (C=O) groups is 1. The lowest BCUT2D eigenvalue weighted by molar-refractivity contribution is 0.0958. The number of amides is 1. The first-order valence-corrected chi connectivity index (χ1v) is 9.53. The summed E-state index contributed by atoms with van der Waals surface area (Å²) in [6.45, 7) is 1.01. The van der Waals surface area contributed by atoms with Gasteiger partial charge >= 0.3 is 0 Å². The highest BCUT2D eigenvalue weighted by Gasteiger charge is 2.22. The van der Waals surface area contributed by atoms with E-state index in [4.69, 9.17) is 4.74 Å². The molecule has 0 atom stereocenters. The van der Waals surface area contributed by atoms with Crippen LogP contribution in [0.5, 0.6) is 5.75 Å². The van der Waals surface area contributed by atoms with Gasteiger partial charge in [0.2, 0.25) is 0 Å². The Morgan fingerprint density at radius 1 is 1.19 bits per heavy atom. The molecular weight excluding hydrogens is 360 g/mol. The number of hydrogen-bond acceptors (Lipinski definition) is 5. The Morgan fingerprint density at radius 2 is 2.07 bits per heavy atom. The lowest BCUT2D eigenvalue weighted by Gasteiger charge is -2.16. The molecule has 7 heteroatoms. The second-order valence-corrected chi connectivity index (χ2v) is 7.35. The predicted molar refractivity (Wildman–Crippen MR) is 103 cm³/mol. The zero-order valence-corrected chi connectivity index (χ0v) is 15.2. The maximum absolute atomic E-state index is 12.6. The van der Waals surface area contributed by atoms with Gasteiger partial charge < -0.3 is 10.1 Å². The molecule has 1 N–H and O–H groups in total. The van der Waals surface area contributed by atoms with Crippen LogP contribution in [-0.2, 0) is 13.0 Å². The van der Waals surface area contributed by atoms with Crippen LogP contribution in [0, 0.1) is 0 Å². The number of hydrogen-bond donors (Lipinski definition) is 1. The Balaban J connectivity index is 1.29. The van der Waals surface area contributed by atoms with Crippen LogP contribution < -0.4 is 10.1 Å². The Morgan fingerprint density at radius 3 is 3.04 bits per heavy atom. The highest BCUT2D eigenvalue weighted by atomic mass is 32.1. The molecular formula is C20H16N4O2S. The molecule has 134 valence electrons. The number of nitrogens with zero attached hydrogens (tertiary/aromatic N) is 3. The molecule has 0 radical (unpaired) electrons. The average molecular weight is 376 g/mol. The van der Waals surface area contributed by atoms with E-state index in [1.165, 1.54) is 11.3 Å². The molecule has 0 aliphatic carbocycles. The van der Waals surface area contributed by atoms with Gasteiger partial charge in [0.15, 0.2) is 5.65 Å². The predicted octanol–water partition coefficient (Wildman–Crippen LogP) is 3.32. The quantitative estimate of drug-likeness (QED) is 0.593. The van der Waals surface area contributed by atoms with Crippen molar-refractivity contribution in [1.29, 1.82) is 0 Å². The van der Waals surface area contributed by atoms with E-state index in [9.17, 15) is 4.79 Å². The Kier molecular flexibility index (Phi) is 3.86. The fraction of sp³-hybridized carbons (Fsp3) is 0.150. The molecule has 6 nitrogen and oxygen atoms in total. The van der Waals surface area contributed by atoms with Gasteiger partial charge in [-0.05, 0) is 30.3 Å². The summed E-state index contributed by atoms with van der Waals surface area (Å²) in [5.41, 5.74) is 2.92. The molecule has 0 bridgehead atoms. The van der Waals surface area contributed by atoms with E-state index >= 15 is 0 Å². The number of aromatic nitrogens is 3. The monoisotopic (exact) mass is 376 g/mol. The van der Waals surface area contributed by atoms with E-state index in [2.05, 4.69) is 15.5 Å². The molecule has 1 aliphatic heterocycles. The zero-order chi connectivity index (χ0) is 18.2. The van der Waals surface area contributed by atoms with Crippen molar-refractivity contribution in [3.63, 3.8) is 0 Å². The van der Waals surface area contributed by atoms with Crippen molar-refractivity contribution in [1.82, 2.24) is 19.9 Å². The number of benzene rings is 1. The Hall–Kier alpha value is -3.19. The maximum Gasteiger partial charge on any atom is 0.261 e. The summed E-state index contributed by atoms with van der Waals surface area (Å²) in [5.74, 6) is 1.64. The van der Waals surface area contributed by atoms with Gasteiger partial charge in [0.1, 0.15) is 18.2 Å². The minimum Gasteiger partial charge on any atom is -0.488 e. The smallest absolute Gasteiger partial charge is 0.261 e. The first-order chi connectivity index (χ1) is 13.3. The summed E-state index contributed by atoms with van der Waals surface area (Å²) in [6.07, 6.45) is 2.55. The largest absolute Gasteiger partial charge is 0.488 e. The number of para-hydroxylation sites is 1. The van der Waals surface area contributed by atoms with Gasteiger partial charge in [-0.25, -0.2) is 0 Å². The van der Waals surface area contributed by atoms with Crippen molar-refractivity contribution in [2.75, 3.05) is 6.54 Å². The number of pyridine rings is 1. The molecule has 0 saturated heterocycles. The van der Waals surface area contributed by atoms with Gasteiger partial charge in [-0.3, -0.25) is 9.20 Å². The van der Waals surface area contributed by atoms with Gasteiger partial charge in [-0.15, -0.1) is 21.5 Å². The van der Waals surface area contributed by atoms with Crippen LogP contribution >= 0.6 is 11.3 Å². The average Bonchev–Trinajstić information content (AvgIpc) is 3.32. The number of ether oxygens (including phenoxy) is 1. The molecule has 0 fully saturated rings. The zero-order valence-electron chi connectivity index (χ0n) is 14.4. The van der Waals surface area contributed by atoms with Crippen molar-refractivity contribution in [2.45, 2.75) is 13.0 Å². The summed E-state index contributed by atoms with van der Waals surface area (Å²) < 4.78 is 7.71. The van der Waals surface area contributed by atoms with Crippen LogP contribution in [0.2, 0.25) is 0 Å². The van der Waals surface area contributed by atoms with Crippen molar-refractivity contribution < 1.29 is 9.53 Å². The third-order valence-electron chi connectivity index (χ3n) is 4.57. The van der Waals surface area contributed by atoms with Crippen LogP contribution in [0.3, 0.4) is 0 Å². The SMILES string of the molecule is O=C(NCCc1nnc2ccccn12)c1cc2c(s1)-c1ccccc1OC2. The number of carbonyl (C=O) groups excluding carboxylic acids is 1. The van der Waals surface area contributed by atoms with Crippen LogP contribution in [0.4, 0.5) is 0 Å². The molecule has 5 rings (SSSR count). The fourth-order valence-electron chi connectivity index (χ4n) is 3.25. The second-order valence-electron chi connectivity index (χ2n) is 6.30. The molecule has 1 aliphatic rings. The lowest BCUT2D eigenvalue weighted by Crippen LogP contribution is -2.25. The first kappa shape index (κ1) is 16.0. The molecule has 4 heterocycles. The summed E-state index contributed by atoms with van der Waals surface area (Å²) >= 11 is 1.51. The van der Waals surface area contributed by atoms with E-state index in [1.54, 1.807) is 0 Å². The Labute approximate surface area is 159 Å². The normalized spacial score (nSPS) is 12.3. The summed E-state index contributed by atoms with van der Waals surface area (Å²) in [7, 11) is 0. The van der Waals surface area contributed by atoms with Crippen LogP contribution in [0.15, 0.2) is 54.7 Å². The molecule has 27 heavy (non-hydrogen) atoms. The molecule has 4 aromatic rings. The highest BCUT2D eigenvalue weighted by molar-refractivity contribution is 7.17. The van der Waals surface area contributed by atoms with Crippen LogP contribution in [-0.4, -0.2) is 27.0 Å². The Bertz CT molecular complexity index is 1150. The number of fused-ring (bicyclic) bond motifs is 4. The molecule has 1 aromatic carbocycles. The number of nitrogens with one attached hydrogen (secondary N) is 1. The third kappa shape index (κ3) is 2.86. The van der Waals surface area contributed by atoms with Gasteiger partial charge in [0.05, 0.1) is 4.88 Å². The fourth-order valence-corrected chi connectivity index (χ4v) is 4.36. The van der Waals surface area contributed by atoms with Crippen molar-refractivity contribution in [2.24, 2.45) is 0 Å². The van der Waals surface area contributed by atoms with E-state index in [0.717, 1.165) is 33.2 Å². The molecule has 0 unspecified atom stereocenters. The molecule has 1 amide bonds. The molecule has 0 saturated carbocycles. The van der Waals surface area contributed by atoms with Gasteiger partial charge in [0, 0.05) is 35.2 Å². The molecule has 3 aromatic heterocycles. The van der Waals surface area contributed by atoms with Crippen molar-refractivity contribution in [3.05, 3.63) is 71.0 Å². The number of thiophene rings is 1. The van der Waals surface area contributed by atoms with E-state index < -0.39 is 0 Å². The van der Waals surface area contributed by atoms with Crippen LogP contribution in [0.25, 0.3) is 16.1 Å². The summed E-state index contributed by atoms with van der Waals surface area (Å²) in [6, 6.07) is 15.6. The van der Waals surface area contributed by atoms with Crippen molar-refractivity contribution >= 4 is 22.9 Å². The molecule has 0 spiro atoms. The van der Waals surface area contributed by atoms with Crippen LogP contribution in [0.1, 0.15) is 21.1 Å². The standard InChI is InChI=1S/C20H16N4O2S/c25-20(21-9-8-18-23-22-17-7-3-4-10-24(17)18)16-11-13-12-26-15-6-2-1-5-14(15)19(13)27-16/h1-7,10-11H,8-9,12H2,(H,21,25). The summed E-state index contributed by atoms with van der Waals surface area (Å²) in [4.78, 5) is 14.4. The topological polar surface area (TPSA) is 68.5 Å². The maximum atomic E-state index is 12.6.